The van der Waals surface area contributed by atoms with E-state index in [1.54, 1.807) is 16.2 Å². The summed E-state index contributed by atoms with van der Waals surface area (Å²) in [6.07, 6.45) is 2.03. The molecule has 2 atom stereocenters. The van der Waals surface area contributed by atoms with Gasteiger partial charge in [-0.2, -0.15) is 0 Å². The van der Waals surface area contributed by atoms with Gasteiger partial charge in [0.05, 0.1) is 5.75 Å². The van der Waals surface area contributed by atoms with Gasteiger partial charge in [-0.25, -0.2) is 9.97 Å². The Bertz CT molecular complexity index is 794. The summed E-state index contributed by atoms with van der Waals surface area (Å²) < 4.78 is 0. The van der Waals surface area contributed by atoms with Crippen LogP contribution >= 0.6 is 23.1 Å². The average Bonchev–Trinajstić information content (AvgIpc) is 3.15. The fourth-order valence-electron chi connectivity index (χ4n) is 2.97. The molecule has 1 aliphatic heterocycles. The zero-order valence-electron chi connectivity index (χ0n) is 14.2. The van der Waals surface area contributed by atoms with Gasteiger partial charge in [-0.3, -0.25) is 9.59 Å². The number of amides is 2. The van der Waals surface area contributed by atoms with Crippen molar-refractivity contribution in [1.29, 1.82) is 0 Å². The van der Waals surface area contributed by atoms with E-state index in [0.29, 0.717) is 19.5 Å². The van der Waals surface area contributed by atoms with Gasteiger partial charge in [-0.1, -0.05) is 11.8 Å². The predicted octanol–water partition coefficient (Wildman–Crippen LogP) is 1.16. The standard InChI is InChI=1S/C16H21N5O2S2/c1-3-18-14(23)12-5-10(17)6-21(12)13(22)7-24-15-11-4-9(2)25-16(11)20-8-19-15/h4,8,10,12H,3,5-7,17H2,1-2H3,(H,18,23)/t10-,12+/m1/s1. The first-order valence-corrected chi connectivity index (χ1v) is 9.96. The highest BCUT2D eigenvalue weighted by Crippen LogP contribution is 2.30. The van der Waals surface area contributed by atoms with Gasteiger partial charge in [0.2, 0.25) is 11.8 Å². The highest BCUT2D eigenvalue weighted by atomic mass is 32.2. The van der Waals surface area contributed by atoms with Crippen LogP contribution < -0.4 is 11.1 Å². The smallest absolute Gasteiger partial charge is 0.242 e. The highest BCUT2D eigenvalue weighted by molar-refractivity contribution is 8.00. The number of nitrogens with two attached hydrogens (primary N) is 1. The number of rotatable bonds is 5. The van der Waals surface area contributed by atoms with E-state index in [1.165, 1.54) is 18.1 Å². The molecule has 9 heteroatoms. The zero-order valence-corrected chi connectivity index (χ0v) is 15.8. The van der Waals surface area contributed by atoms with Gasteiger partial charge in [0.1, 0.15) is 22.2 Å². The normalized spacial score (nSPS) is 20.2. The first-order valence-electron chi connectivity index (χ1n) is 8.16. The minimum Gasteiger partial charge on any atom is -0.355 e. The number of nitrogens with zero attached hydrogens (tertiary/aromatic N) is 3. The number of thioether (sulfide) groups is 1. The van der Waals surface area contributed by atoms with Crippen LogP contribution in [-0.2, 0) is 9.59 Å². The van der Waals surface area contributed by atoms with Crippen molar-refractivity contribution >= 4 is 45.1 Å². The minimum absolute atomic E-state index is 0.0899. The van der Waals surface area contributed by atoms with Crippen molar-refractivity contribution in [3.8, 4) is 0 Å². The third-order valence-electron chi connectivity index (χ3n) is 4.06. The van der Waals surface area contributed by atoms with Gasteiger partial charge in [0, 0.05) is 29.4 Å². The van der Waals surface area contributed by atoms with Crippen LogP contribution in [0.25, 0.3) is 10.2 Å². The van der Waals surface area contributed by atoms with Crippen LogP contribution in [0.3, 0.4) is 0 Å². The quantitative estimate of drug-likeness (QED) is 0.597. The topological polar surface area (TPSA) is 101 Å². The average molecular weight is 380 g/mol. The van der Waals surface area contributed by atoms with Crippen LogP contribution in [-0.4, -0.2) is 57.6 Å². The maximum absolute atomic E-state index is 12.7. The number of carbonyl (C=O) groups is 2. The number of thiophene rings is 1. The molecule has 7 nitrogen and oxygen atoms in total. The van der Waals surface area contributed by atoms with E-state index < -0.39 is 6.04 Å². The van der Waals surface area contributed by atoms with Crippen molar-refractivity contribution in [2.45, 2.75) is 37.4 Å². The molecule has 0 aromatic carbocycles. The molecule has 2 aromatic heterocycles. The molecule has 0 aliphatic carbocycles. The molecule has 0 unspecified atom stereocenters. The number of fused-ring (bicyclic) bond motifs is 1. The van der Waals surface area contributed by atoms with E-state index in [-0.39, 0.29) is 23.6 Å². The largest absolute Gasteiger partial charge is 0.355 e. The molecule has 25 heavy (non-hydrogen) atoms. The Labute approximate surface area is 154 Å². The number of carbonyl (C=O) groups excluding carboxylic acids is 2. The maximum atomic E-state index is 12.7. The first-order chi connectivity index (χ1) is 12.0. The molecule has 1 fully saturated rings. The van der Waals surface area contributed by atoms with Crippen molar-refractivity contribution in [1.82, 2.24) is 20.2 Å². The first kappa shape index (κ1) is 18.1. The Morgan fingerprint density at radius 2 is 2.28 bits per heavy atom. The van der Waals surface area contributed by atoms with E-state index in [9.17, 15) is 9.59 Å². The van der Waals surface area contributed by atoms with E-state index in [2.05, 4.69) is 15.3 Å². The number of hydrogen-bond acceptors (Lipinski definition) is 7. The fraction of sp³-hybridized carbons (Fsp3) is 0.500. The predicted molar refractivity (Wildman–Crippen MR) is 99.7 cm³/mol. The summed E-state index contributed by atoms with van der Waals surface area (Å²) in [5.74, 6) is 0.00324. The second kappa shape index (κ2) is 7.67. The monoisotopic (exact) mass is 379 g/mol. The molecule has 1 aliphatic rings. The molecule has 3 rings (SSSR count). The van der Waals surface area contributed by atoms with E-state index in [0.717, 1.165) is 20.1 Å². The number of hydrogen-bond donors (Lipinski definition) is 2. The van der Waals surface area contributed by atoms with Crippen LogP contribution in [0, 0.1) is 6.92 Å². The number of aromatic nitrogens is 2. The third-order valence-corrected chi connectivity index (χ3v) is 6.00. The van der Waals surface area contributed by atoms with Crippen molar-refractivity contribution < 1.29 is 9.59 Å². The molecule has 2 aromatic rings. The molecule has 0 bridgehead atoms. The second-order valence-electron chi connectivity index (χ2n) is 6.00. The van der Waals surface area contributed by atoms with Gasteiger partial charge in [-0.05, 0) is 26.3 Å². The molecule has 0 radical (unpaired) electrons. The Kier molecular flexibility index (Phi) is 5.55. The third kappa shape index (κ3) is 3.94. The molecule has 134 valence electrons. The maximum Gasteiger partial charge on any atom is 0.242 e. The van der Waals surface area contributed by atoms with Crippen LogP contribution in [0.4, 0.5) is 0 Å². The van der Waals surface area contributed by atoms with Crippen LogP contribution in [0.2, 0.25) is 0 Å². The summed E-state index contributed by atoms with van der Waals surface area (Å²) in [4.78, 5) is 37.1. The van der Waals surface area contributed by atoms with Crippen molar-refractivity contribution in [3.63, 3.8) is 0 Å². The van der Waals surface area contributed by atoms with Crippen LogP contribution in [0.5, 0.6) is 0 Å². The molecule has 3 N–H and O–H groups in total. The Balaban J connectivity index is 1.69. The van der Waals surface area contributed by atoms with Gasteiger partial charge in [0.25, 0.3) is 0 Å². The van der Waals surface area contributed by atoms with Crippen molar-refractivity contribution in [2.24, 2.45) is 5.73 Å². The molecule has 3 heterocycles. The summed E-state index contributed by atoms with van der Waals surface area (Å²) in [7, 11) is 0. The van der Waals surface area contributed by atoms with Crippen LogP contribution in [0.15, 0.2) is 17.4 Å². The lowest BCUT2D eigenvalue weighted by Crippen LogP contribution is -2.46. The van der Waals surface area contributed by atoms with Crippen LogP contribution in [0.1, 0.15) is 18.2 Å². The molecule has 1 saturated heterocycles. The highest BCUT2D eigenvalue weighted by Gasteiger charge is 2.37. The molecule has 0 spiro atoms. The summed E-state index contributed by atoms with van der Waals surface area (Å²) >= 11 is 2.99. The van der Waals surface area contributed by atoms with Gasteiger partial charge in [-0.15, -0.1) is 11.3 Å². The zero-order chi connectivity index (χ0) is 18.0. The molecular formula is C16H21N5O2S2. The molecule has 2 amide bonds. The fourth-order valence-corrected chi connectivity index (χ4v) is 4.74. The molecular weight excluding hydrogens is 358 g/mol. The lowest BCUT2D eigenvalue weighted by Gasteiger charge is -2.23. The van der Waals surface area contributed by atoms with Gasteiger partial charge in [0.15, 0.2) is 0 Å². The second-order valence-corrected chi connectivity index (χ2v) is 8.19. The SMILES string of the molecule is CCNC(=O)[C@@H]1C[C@@H](N)CN1C(=O)CSc1ncnc2sc(C)cc12. The van der Waals surface area contributed by atoms with Gasteiger partial charge < -0.3 is 16.0 Å². The van der Waals surface area contributed by atoms with Crippen molar-refractivity contribution in [2.75, 3.05) is 18.8 Å². The summed E-state index contributed by atoms with van der Waals surface area (Å²) in [5, 5.41) is 4.54. The minimum atomic E-state index is -0.475. The lowest BCUT2D eigenvalue weighted by molar-refractivity contribution is -0.136. The summed E-state index contributed by atoms with van der Waals surface area (Å²) in [6.45, 7) is 4.84. The Morgan fingerprint density at radius 1 is 1.48 bits per heavy atom. The molecule has 0 saturated carbocycles. The van der Waals surface area contributed by atoms with Crippen molar-refractivity contribution in [3.05, 3.63) is 17.3 Å². The Morgan fingerprint density at radius 3 is 3.04 bits per heavy atom. The summed E-state index contributed by atoms with van der Waals surface area (Å²) in [6, 6.07) is 1.40. The number of likely N-dealkylation sites (tertiary alicyclic amines) is 1. The van der Waals surface area contributed by atoms with Gasteiger partial charge >= 0.3 is 0 Å². The Hall–Kier alpha value is -1.71. The lowest BCUT2D eigenvalue weighted by atomic mass is 10.1. The number of aryl methyl sites for hydroxylation is 1. The number of nitrogens with one attached hydrogen (secondary N) is 1. The number of likely N-dealkylation sites (N-methyl/N-ethyl adjacent to an activating group) is 1. The van der Waals surface area contributed by atoms with E-state index in [1.807, 2.05) is 19.9 Å². The van der Waals surface area contributed by atoms with E-state index >= 15 is 0 Å². The summed E-state index contributed by atoms with van der Waals surface area (Å²) in [5.41, 5.74) is 5.97. The van der Waals surface area contributed by atoms with E-state index in [4.69, 9.17) is 5.73 Å².